The number of hydrogen-bond donors (Lipinski definition) is 1. The molecule has 0 aromatic heterocycles. The molecular weight excluding hydrogens is 411 g/mol. The average Bonchev–Trinajstić information content (AvgIpc) is 2.62. The molecule has 1 saturated heterocycles. The third-order valence-corrected chi connectivity index (χ3v) is 5.16. The Morgan fingerprint density at radius 1 is 0.917 bits per heavy atom. The van der Waals surface area contributed by atoms with Crippen LogP contribution in [0.3, 0.4) is 0 Å². The summed E-state index contributed by atoms with van der Waals surface area (Å²) in [6.07, 6.45) is 4.01. The Hall–Kier alpha value is -1.40. The van der Waals surface area contributed by atoms with E-state index in [0.717, 1.165) is 15.7 Å². The van der Waals surface area contributed by atoms with Crippen LogP contribution in [0, 0.1) is 3.57 Å². The van der Waals surface area contributed by atoms with Gasteiger partial charge in [-0.1, -0.05) is 30.7 Å². The van der Waals surface area contributed by atoms with Crippen LogP contribution in [-0.2, 0) is 13.1 Å². The number of amides is 1. The largest absolute Gasteiger partial charge is 0.348 e. The van der Waals surface area contributed by atoms with E-state index in [4.69, 9.17) is 0 Å². The summed E-state index contributed by atoms with van der Waals surface area (Å²) in [5.74, 6) is -0.0243. The van der Waals surface area contributed by atoms with Crippen molar-refractivity contribution in [2.75, 3.05) is 13.1 Å². The average molecular weight is 434 g/mol. The number of hydrogen-bond acceptors (Lipinski definition) is 2. The van der Waals surface area contributed by atoms with E-state index in [2.05, 4.69) is 57.1 Å². The summed E-state index contributed by atoms with van der Waals surface area (Å²) in [5, 5.41) is 2.98. The number of benzene rings is 2. The Morgan fingerprint density at radius 2 is 1.54 bits per heavy atom. The second-order valence-electron chi connectivity index (χ2n) is 6.34. The molecule has 1 aliphatic heterocycles. The van der Waals surface area contributed by atoms with Gasteiger partial charge in [0, 0.05) is 22.2 Å². The van der Waals surface area contributed by atoms with E-state index in [1.54, 1.807) is 0 Å². The van der Waals surface area contributed by atoms with Crippen LogP contribution in [0.4, 0.5) is 0 Å². The lowest BCUT2D eigenvalue weighted by Crippen LogP contribution is -2.29. The molecule has 4 heteroatoms. The molecule has 1 heterocycles. The second kappa shape index (κ2) is 8.62. The van der Waals surface area contributed by atoms with Gasteiger partial charge >= 0.3 is 0 Å². The van der Waals surface area contributed by atoms with Gasteiger partial charge in [-0.2, -0.15) is 0 Å². The van der Waals surface area contributed by atoms with Gasteiger partial charge in [0.2, 0.25) is 0 Å². The molecule has 3 rings (SSSR count). The normalized spacial score (nSPS) is 15.2. The molecule has 126 valence electrons. The lowest BCUT2D eigenvalue weighted by atomic mass is 10.1. The zero-order chi connectivity index (χ0) is 16.8. The molecule has 0 bridgehead atoms. The summed E-state index contributed by atoms with van der Waals surface area (Å²) in [5.41, 5.74) is 3.19. The lowest BCUT2D eigenvalue weighted by Gasteiger charge is -2.26. The monoisotopic (exact) mass is 434 g/mol. The van der Waals surface area contributed by atoms with Crippen molar-refractivity contribution in [1.82, 2.24) is 10.2 Å². The van der Waals surface area contributed by atoms with Gasteiger partial charge in [-0.05, 0) is 83.9 Å². The van der Waals surface area contributed by atoms with E-state index in [0.29, 0.717) is 12.1 Å². The first-order valence-electron chi connectivity index (χ1n) is 8.55. The van der Waals surface area contributed by atoms with Crippen molar-refractivity contribution < 1.29 is 4.79 Å². The summed E-state index contributed by atoms with van der Waals surface area (Å²) in [6, 6.07) is 16.2. The summed E-state index contributed by atoms with van der Waals surface area (Å²) in [4.78, 5) is 14.7. The van der Waals surface area contributed by atoms with Crippen molar-refractivity contribution in [3.63, 3.8) is 0 Å². The maximum atomic E-state index is 12.1. The third-order valence-electron chi connectivity index (χ3n) is 4.44. The Bertz CT molecular complexity index is 661. The van der Waals surface area contributed by atoms with Crippen LogP contribution in [0.1, 0.15) is 40.7 Å². The van der Waals surface area contributed by atoms with Gasteiger partial charge in [0.1, 0.15) is 0 Å². The van der Waals surface area contributed by atoms with Crippen molar-refractivity contribution in [1.29, 1.82) is 0 Å². The van der Waals surface area contributed by atoms with Crippen molar-refractivity contribution >= 4 is 28.5 Å². The van der Waals surface area contributed by atoms with Gasteiger partial charge in [-0.15, -0.1) is 0 Å². The number of rotatable bonds is 5. The first kappa shape index (κ1) is 17.4. The Balaban J connectivity index is 1.50. The molecule has 2 aromatic rings. The molecule has 1 fully saturated rings. The van der Waals surface area contributed by atoms with Gasteiger partial charge < -0.3 is 5.32 Å². The molecule has 1 aliphatic rings. The number of halogens is 1. The number of piperidine rings is 1. The van der Waals surface area contributed by atoms with Gasteiger partial charge in [-0.3, -0.25) is 9.69 Å². The zero-order valence-corrected chi connectivity index (χ0v) is 16.0. The van der Waals surface area contributed by atoms with E-state index in [-0.39, 0.29) is 5.91 Å². The fourth-order valence-electron chi connectivity index (χ4n) is 3.02. The smallest absolute Gasteiger partial charge is 0.251 e. The van der Waals surface area contributed by atoms with Crippen LogP contribution >= 0.6 is 22.6 Å². The molecule has 3 nitrogen and oxygen atoms in total. The van der Waals surface area contributed by atoms with Crippen LogP contribution in [-0.4, -0.2) is 23.9 Å². The zero-order valence-electron chi connectivity index (χ0n) is 13.8. The van der Waals surface area contributed by atoms with Crippen LogP contribution in [0.15, 0.2) is 48.5 Å². The highest BCUT2D eigenvalue weighted by atomic mass is 127. The van der Waals surface area contributed by atoms with Gasteiger partial charge in [-0.25, -0.2) is 0 Å². The quantitative estimate of drug-likeness (QED) is 0.716. The van der Waals surface area contributed by atoms with Gasteiger partial charge in [0.15, 0.2) is 0 Å². The summed E-state index contributed by atoms with van der Waals surface area (Å²) < 4.78 is 1.13. The van der Waals surface area contributed by atoms with Crippen molar-refractivity contribution in [3.05, 3.63) is 68.8 Å². The molecule has 0 aliphatic carbocycles. The van der Waals surface area contributed by atoms with E-state index in [1.807, 2.05) is 24.3 Å². The lowest BCUT2D eigenvalue weighted by molar-refractivity contribution is 0.0951. The van der Waals surface area contributed by atoms with Gasteiger partial charge in [0.05, 0.1) is 0 Å². The minimum Gasteiger partial charge on any atom is -0.348 e. The van der Waals surface area contributed by atoms with Crippen molar-refractivity contribution in [2.24, 2.45) is 0 Å². The molecule has 0 radical (unpaired) electrons. The van der Waals surface area contributed by atoms with Crippen molar-refractivity contribution in [2.45, 2.75) is 32.4 Å². The molecule has 0 atom stereocenters. The summed E-state index contributed by atoms with van der Waals surface area (Å²) in [6.45, 7) is 4.03. The number of carbonyl (C=O) groups excluding carboxylic acids is 1. The predicted octanol–water partition coefficient (Wildman–Crippen LogP) is 4.21. The molecule has 0 spiro atoms. The topological polar surface area (TPSA) is 32.3 Å². The highest BCUT2D eigenvalue weighted by Gasteiger charge is 2.10. The number of carbonyl (C=O) groups is 1. The summed E-state index contributed by atoms with van der Waals surface area (Å²) in [7, 11) is 0. The standard InChI is InChI=1S/C20H23IN2O/c21-19-10-8-18(9-11-19)20(24)22-14-16-4-6-17(7-5-16)15-23-12-2-1-3-13-23/h4-11H,1-3,12-15H2,(H,22,24). The fraction of sp³-hybridized carbons (Fsp3) is 0.350. The SMILES string of the molecule is O=C(NCc1ccc(CN2CCCCC2)cc1)c1ccc(I)cc1. The van der Waals surface area contributed by atoms with Crippen LogP contribution in [0.2, 0.25) is 0 Å². The van der Waals surface area contributed by atoms with Gasteiger partial charge in [0.25, 0.3) is 5.91 Å². The highest BCUT2D eigenvalue weighted by molar-refractivity contribution is 14.1. The van der Waals surface area contributed by atoms with Crippen LogP contribution in [0.25, 0.3) is 0 Å². The van der Waals surface area contributed by atoms with Crippen molar-refractivity contribution in [3.8, 4) is 0 Å². The Kier molecular flexibility index (Phi) is 6.26. The summed E-state index contributed by atoms with van der Waals surface area (Å²) >= 11 is 2.24. The molecule has 0 unspecified atom stereocenters. The number of likely N-dealkylation sites (tertiary alicyclic amines) is 1. The number of nitrogens with zero attached hydrogens (tertiary/aromatic N) is 1. The highest BCUT2D eigenvalue weighted by Crippen LogP contribution is 2.14. The molecule has 2 aromatic carbocycles. The Labute approximate surface area is 157 Å². The van der Waals surface area contributed by atoms with Crippen LogP contribution in [0.5, 0.6) is 0 Å². The predicted molar refractivity (Wildman–Crippen MR) is 106 cm³/mol. The van der Waals surface area contributed by atoms with E-state index >= 15 is 0 Å². The fourth-order valence-corrected chi connectivity index (χ4v) is 3.38. The maximum Gasteiger partial charge on any atom is 0.251 e. The van der Waals surface area contributed by atoms with E-state index in [9.17, 15) is 4.79 Å². The van der Waals surface area contributed by atoms with Crippen LogP contribution < -0.4 is 5.32 Å². The minimum atomic E-state index is -0.0243. The van der Waals surface area contributed by atoms with E-state index in [1.165, 1.54) is 37.9 Å². The third kappa shape index (κ3) is 5.05. The first-order valence-corrected chi connectivity index (χ1v) is 9.62. The first-order chi connectivity index (χ1) is 11.7. The molecular formula is C20H23IN2O. The minimum absolute atomic E-state index is 0.0243. The Morgan fingerprint density at radius 3 is 2.21 bits per heavy atom. The number of nitrogens with one attached hydrogen (secondary N) is 1. The van der Waals surface area contributed by atoms with E-state index < -0.39 is 0 Å². The molecule has 0 saturated carbocycles. The molecule has 24 heavy (non-hydrogen) atoms. The second-order valence-corrected chi connectivity index (χ2v) is 7.59. The maximum absolute atomic E-state index is 12.1. The molecule has 1 N–H and O–H groups in total. The molecule has 1 amide bonds.